The van der Waals surface area contributed by atoms with Crippen molar-refractivity contribution in [2.75, 3.05) is 0 Å². The molecule has 16 aromatic rings. The quantitative estimate of drug-likeness (QED) is 0.0391. The monoisotopic (exact) mass is 1350 g/mol. The molecule has 0 saturated heterocycles. The van der Waals surface area contributed by atoms with Crippen molar-refractivity contribution in [3.8, 4) is 44.5 Å². The third-order valence-corrected chi connectivity index (χ3v) is 19.2. The number of benzene rings is 14. The average Bonchev–Trinajstić information content (AvgIpc) is 1.31. The summed E-state index contributed by atoms with van der Waals surface area (Å²) in [4.78, 5) is 0. The summed E-state index contributed by atoms with van der Waals surface area (Å²) >= 11 is -0.826. The number of aryl methyl sites for hydroxylation is 2. The summed E-state index contributed by atoms with van der Waals surface area (Å²) in [7, 11) is 11.0. The van der Waals surface area contributed by atoms with Crippen LogP contribution in [0.5, 0.6) is 0 Å². The van der Waals surface area contributed by atoms with Gasteiger partial charge in [-0.3, -0.25) is 0 Å². The van der Waals surface area contributed by atoms with Gasteiger partial charge in [0.05, 0.1) is 0 Å². The van der Waals surface area contributed by atoms with Crippen molar-refractivity contribution in [2.24, 2.45) is 0 Å². The predicted octanol–water partition coefficient (Wildman–Crippen LogP) is 28.2. The van der Waals surface area contributed by atoms with E-state index in [2.05, 4.69) is 294 Å². The molecule has 0 atom stereocenters. The third kappa shape index (κ3) is 13.4. The van der Waals surface area contributed by atoms with Crippen molar-refractivity contribution >= 4 is 134 Å². The number of unbranched alkanes of at least 4 members (excludes halogenated alkanes) is 8. The molecule has 0 aliphatic rings. The Labute approximate surface area is 576 Å². The Bertz CT molecular complexity index is 4460. The van der Waals surface area contributed by atoms with E-state index in [0.717, 1.165) is 22.4 Å². The Morgan fingerprint density at radius 2 is 0.489 bits per heavy atom. The van der Waals surface area contributed by atoms with Crippen LogP contribution in [0.3, 0.4) is 0 Å². The fourth-order valence-electron chi connectivity index (χ4n) is 15.0. The van der Waals surface area contributed by atoms with E-state index in [4.69, 9.17) is 17.0 Å². The molecule has 0 N–H and O–H groups in total. The first-order valence-electron chi connectivity index (χ1n) is 34.1. The Hall–Kier alpha value is -7.94. The van der Waals surface area contributed by atoms with Crippen LogP contribution in [-0.4, -0.2) is 9.52 Å². The second-order valence-corrected chi connectivity index (χ2v) is 30.1. The standard InChI is InChI=1S/2C44H37.C2H6Si.2ClH.Zr/c2*1-2-3-4-5-6-15-30-26-41-39(43-35-20-11-7-16-31(35)28-32-17-8-12-21-36(32)43)24-25-40(42(41)27-30)44-37-22-13-9-18-33(37)29-34-19-10-14-23-38(34)44;1-3-2;;;/h2*7-14,16-29H,2-6,15H2,1H3;1-2H3;2*1H;/q2*-1;;;;+4/p-2. The van der Waals surface area contributed by atoms with Gasteiger partial charge >= 0.3 is 37.9 Å². The van der Waals surface area contributed by atoms with E-state index in [1.807, 2.05) is 0 Å². The van der Waals surface area contributed by atoms with Crippen LogP contribution in [0.15, 0.2) is 267 Å². The molecule has 0 unspecified atom stereocenters. The Kier molecular flexibility index (Phi) is 21.1. The van der Waals surface area contributed by atoms with Crippen molar-refractivity contribution in [3.63, 3.8) is 0 Å². The number of hydrogen-bond acceptors (Lipinski definition) is 0. The molecular weight excluding hydrogens is 1270 g/mol. The van der Waals surface area contributed by atoms with Gasteiger partial charge in [0.2, 0.25) is 0 Å². The van der Waals surface area contributed by atoms with Gasteiger partial charge in [-0.2, -0.15) is 12.1 Å². The van der Waals surface area contributed by atoms with Crippen LogP contribution in [-0.2, 0) is 33.7 Å². The molecule has 0 spiro atoms. The van der Waals surface area contributed by atoms with E-state index < -0.39 is 20.8 Å². The summed E-state index contributed by atoms with van der Waals surface area (Å²) in [5, 5.41) is 26.3. The molecule has 0 aromatic heterocycles. The number of hydrogen-bond donors (Lipinski definition) is 0. The van der Waals surface area contributed by atoms with E-state index in [1.54, 1.807) is 0 Å². The van der Waals surface area contributed by atoms with Gasteiger partial charge < -0.3 is 0 Å². The topological polar surface area (TPSA) is 0 Å². The first kappa shape index (κ1) is 64.8. The van der Waals surface area contributed by atoms with Crippen LogP contribution in [0.25, 0.3) is 152 Å². The minimum atomic E-state index is -0.826. The molecular formula is C90H80Cl2SiZr. The molecule has 16 rings (SSSR count). The molecule has 0 bridgehead atoms. The predicted molar refractivity (Wildman–Crippen MR) is 415 cm³/mol. The van der Waals surface area contributed by atoms with Gasteiger partial charge in [-0.25, -0.2) is 0 Å². The molecule has 0 heterocycles. The van der Waals surface area contributed by atoms with Gasteiger partial charge in [-0.05, 0) is 146 Å². The molecule has 0 aliphatic carbocycles. The van der Waals surface area contributed by atoms with E-state index in [0.29, 0.717) is 0 Å². The van der Waals surface area contributed by atoms with Crippen molar-refractivity contribution in [1.29, 1.82) is 0 Å². The van der Waals surface area contributed by atoms with Crippen molar-refractivity contribution in [2.45, 2.75) is 104 Å². The summed E-state index contributed by atoms with van der Waals surface area (Å²) in [5.74, 6) is 0. The maximum atomic E-state index is 4.93. The van der Waals surface area contributed by atoms with Gasteiger partial charge in [0.25, 0.3) is 0 Å². The van der Waals surface area contributed by atoms with E-state index in [1.165, 1.54) is 228 Å². The SMILES string of the molecule is CCCCCCCc1cc2c(-c3c4ccccc4cc4ccccc34)ccc(-c3c4ccccc4cc4ccccc34)c2[cH-]1.CCCCCCCc1cc2c(-c3c4ccccc4cc4ccccc34)ccc(-c3c4ccccc4cc4ccccc34)c2[cH-]1.C[Si]C.[Cl][Zr+2][Cl]. The molecule has 94 heavy (non-hydrogen) atoms. The number of halogens is 2. The van der Waals surface area contributed by atoms with Gasteiger partial charge in [0, 0.05) is 9.52 Å². The van der Waals surface area contributed by atoms with E-state index >= 15 is 0 Å². The van der Waals surface area contributed by atoms with Crippen LogP contribution in [0.1, 0.15) is 89.2 Å². The second kappa shape index (κ2) is 30.6. The fraction of sp³-hybridized carbons (Fsp3) is 0.178. The van der Waals surface area contributed by atoms with Crippen molar-refractivity contribution < 1.29 is 20.8 Å². The summed E-state index contributed by atoms with van der Waals surface area (Å²) in [5.41, 5.74) is 13.6. The molecule has 0 amide bonds. The molecule has 0 nitrogen and oxygen atoms in total. The average molecular weight is 1350 g/mol. The maximum absolute atomic E-state index is 4.93. The minimum absolute atomic E-state index is 0.826. The summed E-state index contributed by atoms with van der Waals surface area (Å²) in [6.45, 7) is 8.89. The molecule has 4 heteroatoms. The normalized spacial score (nSPS) is 11.4. The van der Waals surface area contributed by atoms with Crippen LogP contribution in [0.2, 0.25) is 13.1 Å². The third-order valence-electron chi connectivity index (χ3n) is 19.2. The van der Waals surface area contributed by atoms with Crippen molar-refractivity contribution in [1.82, 2.24) is 0 Å². The van der Waals surface area contributed by atoms with Crippen molar-refractivity contribution in [3.05, 3.63) is 278 Å². The fourth-order valence-corrected chi connectivity index (χ4v) is 15.0. The summed E-state index contributed by atoms with van der Waals surface area (Å²) in [6, 6.07) is 100. The van der Waals surface area contributed by atoms with Crippen LogP contribution >= 0.6 is 17.0 Å². The van der Waals surface area contributed by atoms with Gasteiger partial charge in [0.15, 0.2) is 0 Å². The summed E-state index contributed by atoms with van der Waals surface area (Å²) < 4.78 is 0. The Morgan fingerprint density at radius 1 is 0.277 bits per heavy atom. The van der Waals surface area contributed by atoms with Gasteiger partial charge in [0.1, 0.15) is 0 Å². The molecule has 462 valence electrons. The zero-order chi connectivity index (χ0) is 64.3. The first-order valence-corrected chi connectivity index (χ1v) is 42.4. The molecule has 0 fully saturated rings. The van der Waals surface area contributed by atoms with Crippen LogP contribution < -0.4 is 0 Å². The van der Waals surface area contributed by atoms with Crippen LogP contribution in [0.4, 0.5) is 0 Å². The van der Waals surface area contributed by atoms with E-state index in [-0.39, 0.29) is 0 Å². The molecule has 2 radical (unpaired) electrons. The summed E-state index contributed by atoms with van der Waals surface area (Å²) in [6.07, 6.45) is 15.2. The van der Waals surface area contributed by atoms with Gasteiger partial charge in [-0.1, -0.05) is 332 Å². The second-order valence-electron chi connectivity index (χ2n) is 25.4. The molecule has 16 aromatic carbocycles. The zero-order valence-corrected chi connectivity index (χ0v) is 59.6. The van der Waals surface area contributed by atoms with Gasteiger partial charge in [-0.15, -0.1) is 44.8 Å². The zero-order valence-electron chi connectivity index (χ0n) is 54.6. The first-order chi connectivity index (χ1) is 46.4. The van der Waals surface area contributed by atoms with Crippen LogP contribution in [0, 0.1) is 0 Å². The Morgan fingerprint density at radius 3 is 0.734 bits per heavy atom. The molecule has 0 aliphatic heterocycles. The number of fused-ring (bicyclic) bond motifs is 10. The molecule has 0 saturated carbocycles. The number of rotatable bonds is 16. The van der Waals surface area contributed by atoms with E-state index in [9.17, 15) is 0 Å². The Balaban J connectivity index is 0.000000158.